The van der Waals surface area contributed by atoms with Crippen LogP contribution in [0.1, 0.15) is 30.8 Å². The Morgan fingerprint density at radius 1 is 1.24 bits per heavy atom. The number of aromatic amines is 1. The molecule has 2 heterocycles. The summed E-state index contributed by atoms with van der Waals surface area (Å²) in [6.07, 6.45) is 0.739. The first-order chi connectivity index (χ1) is 12.1. The molecule has 0 bridgehead atoms. The number of hydrogen-bond donors (Lipinski definition) is 1. The second-order valence-corrected chi connectivity index (χ2v) is 6.50. The molecule has 1 atom stereocenters. The number of nitrogens with zero attached hydrogens (tertiary/aromatic N) is 4. The number of methoxy groups -OCH3 is 2. The number of ether oxygens (including phenoxy) is 2. The topological polar surface area (TPSA) is 99.0 Å². The van der Waals surface area contributed by atoms with Crippen LogP contribution in [0.3, 0.4) is 0 Å². The molecule has 0 aliphatic heterocycles. The molecular formula is C16H19N5O3S. The first kappa shape index (κ1) is 17.3. The molecule has 0 spiro atoms. The molecule has 3 rings (SSSR count). The number of nitrogens with one attached hydrogen (secondary N) is 1. The van der Waals surface area contributed by atoms with Crippen molar-refractivity contribution in [2.75, 3.05) is 14.2 Å². The highest BCUT2D eigenvalue weighted by atomic mass is 32.2. The van der Waals surface area contributed by atoms with Crippen LogP contribution >= 0.6 is 11.8 Å². The molecule has 25 heavy (non-hydrogen) atoms. The van der Waals surface area contributed by atoms with Gasteiger partial charge in [-0.25, -0.2) is 4.98 Å². The van der Waals surface area contributed by atoms with E-state index < -0.39 is 0 Å². The van der Waals surface area contributed by atoms with Crippen LogP contribution in [0.4, 0.5) is 0 Å². The summed E-state index contributed by atoms with van der Waals surface area (Å²) in [7, 11) is 3.22. The lowest BCUT2D eigenvalue weighted by molar-refractivity contribution is 0.375. The van der Waals surface area contributed by atoms with Crippen molar-refractivity contribution in [2.45, 2.75) is 30.7 Å². The number of rotatable bonds is 7. The van der Waals surface area contributed by atoms with Crippen molar-refractivity contribution in [3.05, 3.63) is 29.9 Å². The zero-order valence-corrected chi connectivity index (χ0v) is 15.3. The number of thioether (sulfide) groups is 1. The number of H-pyrrole nitrogens is 1. The molecular weight excluding hydrogens is 342 g/mol. The van der Waals surface area contributed by atoms with E-state index in [1.54, 1.807) is 20.3 Å². The Balaban J connectivity index is 1.78. The summed E-state index contributed by atoms with van der Waals surface area (Å²) in [5, 5.41) is 11.7. The first-order valence-corrected chi connectivity index (χ1v) is 8.66. The summed E-state index contributed by atoms with van der Waals surface area (Å²) in [5.74, 6) is 3.25. The Morgan fingerprint density at radius 3 is 2.76 bits per heavy atom. The standard InChI is InChI=1S/C16H19N5O3S/c1-5-13-17-15(24-21-13)9(2)25-16-18-14(19-20-16)11-7-6-10(22-3)8-12(11)23-4/h6-9H,5H2,1-4H3,(H,18,19,20). The molecule has 0 amide bonds. The van der Waals surface area contributed by atoms with Gasteiger partial charge < -0.3 is 14.0 Å². The summed E-state index contributed by atoms with van der Waals surface area (Å²) >= 11 is 1.44. The number of aromatic nitrogens is 5. The van der Waals surface area contributed by atoms with Crippen molar-refractivity contribution in [2.24, 2.45) is 0 Å². The average molecular weight is 361 g/mol. The summed E-state index contributed by atoms with van der Waals surface area (Å²) in [6.45, 7) is 3.96. The Hall–Kier alpha value is -2.55. The van der Waals surface area contributed by atoms with E-state index >= 15 is 0 Å². The highest BCUT2D eigenvalue weighted by Gasteiger charge is 2.19. The Labute approximate surface area is 149 Å². The molecule has 1 aromatic carbocycles. The van der Waals surface area contributed by atoms with Crippen LogP contribution in [-0.4, -0.2) is 39.5 Å². The third kappa shape index (κ3) is 3.76. The quantitative estimate of drug-likeness (QED) is 0.640. The molecule has 0 aliphatic carbocycles. The van der Waals surface area contributed by atoms with E-state index in [9.17, 15) is 0 Å². The summed E-state index contributed by atoms with van der Waals surface area (Å²) in [5.41, 5.74) is 0.807. The SMILES string of the molecule is CCc1noc(C(C)Sc2n[nH]c(-c3ccc(OC)cc3OC)n2)n1. The third-order valence-corrected chi connectivity index (χ3v) is 4.51. The lowest BCUT2D eigenvalue weighted by Crippen LogP contribution is -1.92. The maximum atomic E-state index is 5.41. The van der Waals surface area contributed by atoms with E-state index in [1.165, 1.54) is 11.8 Å². The van der Waals surface area contributed by atoms with Crippen LogP contribution < -0.4 is 9.47 Å². The van der Waals surface area contributed by atoms with Crippen LogP contribution in [-0.2, 0) is 6.42 Å². The molecule has 2 aromatic heterocycles. The molecule has 0 saturated carbocycles. The van der Waals surface area contributed by atoms with Crippen molar-refractivity contribution >= 4 is 11.8 Å². The van der Waals surface area contributed by atoms with Gasteiger partial charge in [0.1, 0.15) is 11.5 Å². The van der Waals surface area contributed by atoms with E-state index in [1.807, 2.05) is 26.0 Å². The molecule has 0 aliphatic rings. The van der Waals surface area contributed by atoms with E-state index in [0.717, 1.165) is 12.0 Å². The smallest absolute Gasteiger partial charge is 0.239 e. The predicted octanol–water partition coefficient (Wildman–Crippen LogP) is 3.29. The van der Waals surface area contributed by atoms with Gasteiger partial charge in [-0.1, -0.05) is 23.8 Å². The van der Waals surface area contributed by atoms with Gasteiger partial charge in [-0.15, -0.1) is 5.10 Å². The Bertz CT molecular complexity index is 848. The van der Waals surface area contributed by atoms with Gasteiger partial charge in [0.2, 0.25) is 11.0 Å². The van der Waals surface area contributed by atoms with E-state index in [2.05, 4.69) is 25.3 Å². The van der Waals surface area contributed by atoms with Crippen LogP contribution in [0, 0.1) is 0 Å². The number of hydrogen-bond acceptors (Lipinski definition) is 8. The minimum atomic E-state index is -0.0470. The molecule has 0 saturated heterocycles. The highest BCUT2D eigenvalue weighted by Crippen LogP contribution is 2.35. The lowest BCUT2D eigenvalue weighted by Gasteiger charge is -2.07. The van der Waals surface area contributed by atoms with Crippen LogP contribution in [0.5, 0.6) is 11.5 Å². The monoisotopic (exact) mass is 361 g/mol. The largest absolute Gasteiger partial charge is 0.497 e. The molecule has 132 valence electrons. The molecule has 8 nitrogen and oxygen atoms in total. The van der Waals surface area contributed by atoms with Crippen LogP contribution in [0.15, 0.2) is 27.9 Å². The zero-order chi connectivity index (χ0) is 17.8. The molecule has 1 N–H and O–H groups in total. The molecule has 3 aromatic rings. The highest BCUT2D eigenvalue weighted by molar-refractivity contribution is 7.99. The molecule has 1 unspecified atom stereocenters. The van der Waals surface area contributed by atoms with Gasteiger partial charge >= 0.3 is 0 Å². The van der Waals surface area contributed by atoms with Gasteiger partial charge in [0.25, 0.3) is 0 Å². The second kappa shape index (κ2) is 7.56. The first-order valence-electron chi connectivity index (χ1n) is 7.78. The van der Waals surface area contributed by atoms with Crippen LogP contribution in [0.25, 0.3) is 11.4 Å². The maximum absolute atomic E-state index is 5.41. The van der Waals surface area contributed by atoms with Crippen molar-refractivity contribution < 1.29 is 14.0 Å². The normalized spacial score (nSPS) is 12.2. The Morgan fingerprint density at radius 2 is 2.08 bits per heavy atom. The van der Waals surface area contributed by atoms with Crippen LogP contribution in [0.2, 0.25) is 0 Å². The van der Waals surface area contributed by atoms with Crippen molar-refractivity contribution in [3.63, 3.8) is 0 Å². The van der Waals surface area contributed by atoms with Crippen molar-refractivity contribution in [3.8, 4) is 22.9 Å². The fourth-order valence-corrected chi connectivity index (χ4v) is 2.95. The predicted molar refractivity (Wildman–Crippen MR) is 92.9 cm³/mol. The van der Waals surface area contributed by atoms with Gasteiger partial charge in [-0.2, -0.15) is 4.98 Å². The second-order valence-electron chi connectivity index (χ2n) is 5.20. The fraction of sp³-hybridized carbons (Fsp3) is 0.375. The van der Waals surface area contributed by atoms with Crippen molar-refractivity contribution in [1.29, 1.82) is 0 Å². The number of benzene rings is 1. The van der Waals surface area contributed by atoms with Gasteiger partial charge in [-0.3, -0.25) is 5.10 Å². The zero-order valence-electron chi connectivity index (χ0n) is 14.4. The van der Waals surface area contributed by atoms with Gasteiger partial charge in [0.05, 0.1) is 25.0 Å². The molecule has 9 heteroatoms. The van der Waals surface area contributed by atoms with Gasteiger partial charge in [0.15, 0.2) is 11.6 Å². The minimum Gasteiger partial charge on any atom is -0.497 e. The van der Waals surface area contributed by atoms with E-state index in [0.29, 0.717) is 34.2 Å². The maximum Gasteiger partial charge on any atom is 0.239 e. The van der Waals surface area contributed by atoms with Gasteiger partial charge in [-0.05, 0) is 19.1 Å². The molecule has 0 fully saturated rings. The third-order valence-electron chi connectivity index (χ3n) is 3.56. The van der Waals surface area contributed by atoms with Gasteiger partial charge in [0, 0.05) is 12.5 Å². The Kier molecular flexibility index (Phi) is 5.22. The summed E-state index contributed by atoms with van der Waals surface area (Å²) < 4.78 is 15.9. The van der Waals surface area contributed by atoms with E-state index in [-0.39, 0.29) is 5.25 Å². The lowest BCUT2D eigenvalue weighted by atomic mass is 10.2. The average Bonchev–Trinajstić information content (AvgIpc) is 3.30. The minimum absolute atomic E-state index is 0.0470. The summed E-state index contributed by atoms with van der Waals surface area (Å²) in [4.78, 5) is 8.86. The van der Waals surface area contributed by atoms with E-state index in [4.69, 9.17) is 14.0 Å². The fourth-order valence-electron chi connectivity index (χ4n) is 2.20. The summed E-state index contributed by atoms with van der Waals surface area (Å²) in [6, 6.07) is 5.53. The number of aryl methyl sites for hydroxylation is 1. The van der Waals surface area contributed by atoms with Crippen molar-refractivity contribution in [1.82, 2.24) is 25.3 Å². The molecule has 0 radical (unpaired) electrons.